The van der Waals surface area contributed by atoms with Gasteiger partial charge >= 0.3 is 0 Å². The third kappa shape index (κ3) is 1.79. The van der Waals surface area contributed by atoms with Crippen molar-refractivity contribution < 1.29 is 9.84 Å². The Morgan fingerprint density at radius 2 is 2.50 bits per heavy atom. The lowest BCUT2D eigenvalue weighted by Crippen LogP contribution is -2.13. The molecule has 3 nitrogen and oxygen atoms in total. The molecule has 14 heavy (non-hydrogen) atoms. The number of aromatic nitrogens is 1. The van der Waals surface area contributed by atoms with Gasteiger partial charge in [-0.05, 0) is 30.5 Å². The van der Waals surface area contributed by atoms with Crippen LogP contribution in [0.5, 0.6) is 0 Å². The minimum absolute atomic E-state index is 0.246. The minimum atomic E-state index is -0.402. The number of aryl methyl sites for hydroxylation is 1. The Kier molecular flexibility index (Phi) is 2.79. The van der Waals surface area contributed by atoms with E-state index in [0.717, 1.165) is 24.2 Å². The smallest absolute Gasteiger partial charge is 0.0844 e. The van der Waals surface area contributed by atoms with Crippen LogP contribution in [0, 0.1) is 12.8 Å². The average molecular weight is 193 g/mol. The van der Waals surface area contributed by atoms with E-state index in [1.54, 1.807) is 12.4 Å². The van der Waals surface area contributed by atoms with Crippen LogP contribution >= 0.6 is 0 Å². The predicted molar refractivity (Wildman–Crippen MR) is 52.9 cm³/mol. The van der Waals surface area contributed by atoms with Gasteiger partial charge in [-0.3, -0.25) is 4.98 Å². The summed E-state index contributed by atoms with van der Waals surface area (Å²) < 4.78 is 5.26. The van der Waals surface area contributed by atoms with Crippen molar-refractivity contribution >= 4 is 0 Å². The van der Waals surface area contributed by atoms with Gasteiger partial charge in [-0.1, -0.05) is 0 Å². The van der Waals surface area contributed by atoms with Gasteiger partial charge in [0.1, 0.15) is 0 Å². The Bertz CT molecular complexity index is 308. The molecule has 2 heterocycles. The Morgan fingerprint density at radius 1 is 1.64 bits per heavy atom. The zero-order valence-electron chi connectivity index (χ0n) is 8.31. The van der Waals surface area contributed by atoms with Gasteiger partial charge in [0.25, 0.3) is 0 Å². The average Bonchev–Trinajstić information content (AvgIpc) is 2.70. The van der Waals surface area contributed by atoms with Crippen molar-refractivity contribution in [3.63, 3.8) is 0 Å². The number of hydrogen-bond donors (Lipinski definition) is 1. The summed E-state index contributed by atoms with van der Waals surface area (Å²) in [4.78, 5) is 4.01. The van der Waals surface area contributed by atoms with Crippen LogP contribution in [0.2, 0.25) is 0 Å². The van der Waals surface area contributed by atoms with Crippen LogP contribution in [0.1, 0.15) is 23.7 Å². The molecule has 0 aliphatic carbocycles. The molecular formula is C11H15NO2. The van der Waals surface area contributed by atoms with E-state index in [-0.39, 0.29) is 5.92 Å². The highest BCUT2D eigenvalue weighted by molar-refractivity contribution is 5.24. The topological polar surface area (TPSA) is 42.4 Å². The summed E-state index contributed by atoms with van der Waals surface area (Å²) in [5.74, 6) is 0.246. The van der Waals surface area contributed by atoms with Crippen molar-refractivity contribution in [2.24, 2.45) is 5.92 Å². The summed E-state index contributed by atoms with van der Waals surface area (Å²) in [5.41, 5.74) is 2.03. The molecule has 0 bridgehead atoms. The Balaban J connectivity index is 2.17. The van der Waals surface area contributed by atoms with Crippen LogP contribution in [0.4, 0.5) is 0 Å². The lowest BCUT2D eigenvalue weighted by molar-refractivity contribution is 0.0913. The molecule has 0 aromatic carbocycles. The van der Waals surface area contributed by atoms with Crippen LogP contribution in [0.25, 0.3) is 0 Å². The standard InChI is InChI=1S/C11H15NO2/c1-8-6-12-4-2-10(8)11(13)9-3-5-14-7-9/h2,4,6,9,11,13H,3,5,7H2,1H3. The molecule has 1 aromatic rings. The summed E-state index contributed by atoms with van der Waals surface area (Å²) in [7, 11) is 0. The number of pyridine rings is 1. The van der Waals surface area contributed by atoms with Crippen molar-refractivity contribution in [2.45, 2.75) is 19.4 Å². The molecule has 2 atom stereocenters. The van der Waals surface area contributed by atoms with Gasteiger partial charge in [-0.25, -0.2) is 0 Å². The second kappa shape index (κ2) is 4.07. The van der Waals surface area contributed by atoms with E-state index in [1.807, 2.05) is 13.0 Å². The minimum Gasteiger partial charge on any atom is -0.388 e. The van der Waals surface area contributed by atoms with Gasteiger partial charge in [0.15, 0.2) is 0 Å². The highest BCUT2D eigenvalue weighted by atomic mass is 16.5. The van der Waals surface area contributed by atoms with Crippen molar-refractivity contribution in [1.29, 1.82) is 0 Å². The molecule has 1 aromatic heterocycles. The largest absolute Gasteiger partial charge is 0.388 e. The number of aliphatic hydroxyl groups is 1. The van der Waals surface area contributed by atoms with Gasteiger partial charge in [0.05, 0.1) is 12.7 Å². The second-order valence-corrected chi connectivity index (χ2v) is 3.80. The van der Waals surface area contributed by atoms with E-state index < -0.39 is 6.10 Å². The van der Waals surface area contributed by atoms with Gasteiger partial charge < -0.3 is 9.84 Å². The first-order chi connectivity index (χ1) is 6.79. The number of aliphatic hydroxyl groups excluding tert-OH is 1. The summed E-state index contributed by atoms with van der Waals surface area (Å²) in [6.45, 7) is 3.41. The SMILES string of the molecule is Cc1cnccc1C(O)C1CCOC1. The maximum Gasteiger partial charge on any atom is 0.0844 e. The van der Waals surface area contributed by atoms with Gasteiger partial charge in [-0.15, -0.1) is 0 Å². The number of ether oxygens (including phenoxy) is 1. The van der Waals surface area contributed by atoms with E-state index in [0.29, 0.717) is 6.61 Å². The first-order valence-corrected chi connectivity index (χ1v) is 4.95. The van der Waals surface area contributed by atoms with Crippen molar-refractivity contribution in [1.82, 2.24) is 4.98 Å². The summed E-state index contributed by atoms with van der Waals surface area (Å²) in [5, 5.41) is 10.1. The number of rotatable bonds is 2. The van der Waals surface area contributed by atoms with Crippen LogP contribution < -0.4 is 0 Å². The number of nitrogens with zero attached hydrogens (tertiary/aromatic N) is 1. The maximum absolute atomic E-state index is 10.1. The van der Waals surface area contributed by atoms with E-state index in [4.69, 9.17) is 4.74 Å². The summed E-state index contributed by atoms with van der Waals surface area (Å²) in [6.07, 6.45) is 4.05. The maximum atomic E-state index is 10.1. The lowest BCUT2D eigenvalue weighted by Gasteiger charge is -2.18. The fourth-order valence-corrected chi connectivity index (χ4v) is 1.87. The normalized spacial score (nSPS) is 23.7. The molecule has 1 aliphatic rings. The monoisotopic (exact) mass is 193 g/mol. The molecule has 1 fully saturated rings. The van der Waals surface area contributed by atoms with Crippen LogP contribution in [-0.4, -0.2) is 23.3 Å². The van der Waals surface area contributed by atoms with Crippen LogP contribution in [0.15, 0.2) is 18.5 Å². The van der Waals surface area contributed by atoms with Crippen LogP contribution in [0.3, 0.4) is 0 Å². The first-order valence-electron chi connectivity index (χ1n) is 4.95. The van der Waals surface area contributed by atoms with E-state index in [1.165, 1.54) is 0 Å². The summed E-state index contributed by atoms with van der Waals surface area (Å²) in [6, 6.07) is 1.89. The molecule has 0 radical (unpaired) electrons. The van der Waals surface area contributed by atoms with Gasteiger partial charge in [0.2, 0.25) is 0 Å². The number of hydrogen-bond acceptors (Lipinski definition) is 3. The highest BCUT2D eigenvalue weighted by Gasteiger charge is 2.25. The molecule has 0 saturated carbocycles. The van der Waals surface area contributed by atoms with E-state index in [2.05, 4.69) is 4.98 Å². The fourth-order valence-electron chi connectivity index (χ4n) is 1.87. The second-order valence-electron chi connectivity index (χ2n) is 3.80. The molecule has 0 spiro atoms. The van der Waals surface area contributed by atoms with Gasteiger partial charge in [0, 0.05) is 24.9 Å². The molecule has 1 saturated heterocycles. The Hall–Kier alpha value is -0.930. The molecule has 2 rings (SSSR count). The molecule has 2 unspecified atom stereocenters. The molecular weight excluding hydrogens is 178 g/mol. The molecule has 3 heteroatoms. The predicted octanol–water partition coefficient (Wildman–Crippen LogP) is 1.46. The van der Waals surface area contributed by atoms with E-state index >= 15 is 0 Å². The molecule has 1 aliphatic heterocycles. The third-order valence-corrected chi connectivity index (χ3v) is 2.79. The molecule has 76 valence electrons. The van der Waals surface area contributed by atoms with Gasteiger partial charge in [-0.2, -0.15) is 0 Å². The zero-order chi connectivity index (χ0) is 9.97. The Labute approximate surface area is 83.7 Å². The quantitative estimate of drug-likeness (QED) is 0.773. The van der Waals surface area contributed by atoms with Crippen molar-refractivity contribution in [3.8, 4) is 0 Å². The third-order valence-electron chi connectivity index (χ3n) is 2.79. The fraction of sp³-hybridized carbons (Fsp3) is 0.545. The van der Waals surface area contributed by atoms with E-state index in [9.17, 15) is 5.11 Å². The Morgan fingerprint density at radius 3 is 3.14 bits per heavy atom. The van der Waals surface area contributed by atoms with Crippen LogP contribution in [-0.2, 0) is 4.74 Å². The zero-order valence-corrected chi connectivity index (χ0v) is 8.31. The van der Waals surface area contributed by atoms with Crippen molar-refractivity contribution in [2.75, 3.05) is 13.2 Å². The molecule has 1 N–H and O–H groups in total. The summed E-state index contributed by atoms with van der Waals surface area (Å²) >= 11 is 0. The molecule has 0 amide bonds. The first kappa shape index (κ1) is 9.62. The van der Waals surface area contributed by atoms with Crippen molar-refractivity contribution in [3.05, 3.63) is 29.6 Å². The highest BCUT2D eigenvalue weighted by Crippen LogP contribution is 2.29. The lowest BCUT2D eigenvalue weighted by atomic mass is 9.93.